The van der Waals surface area contributed by atoms with Crippen LogP contribution in [0, 0.1) is 5.82 Å². The van der Waals surface area contributed by atoms with Crippen molar-refractivity contribution in [2.75, 3.05) is 5.32 Å². The topological polar surface area (TPSA) is 95.8 Å². The molecule has 2 aromatic carbocycles. The number of amides is 1. The van der Waals surface area contributed by atoms with Crippen molar-refractivity contribution >= 4 is 22.6 Å². The maximum Gasteiger partial charge on any atom is 0.260 e. The summed E-state index contributed by atoms with van der Waals surface area (Å²) in [4.78, 5) is 12.4. The van der Waals surface area contributed by atoms with Crippen molar-refractivity contribution in [2.24, 2.45) is 0 Å². The first-order valence-electron chi connectivity index (χ1n) is 7.40. The summed E-state index contributed by atoms with van der Waals surface area (Å²) in [6, 6.07) is 10.8. The monoisotopic (exact) mass is 337 g/mol. The van der Waals surface area contributed by atoms with E-state index in [0.29, 0.717) is 16.7 Å². The molecule has 0 saturated heterocycles. The minimum absolute atomic E-state index is 0.0974. The van der Waals surface area contributed by atoms with Crippen molar-refractivity contribution in [1.82, 2.24) is 20.0 Å². The molecule has 25 heavy (non-hydrogen) atoms. The van der Waals surface area contributed by atoms with Gasteiger partial charge in [-0.3, -0.25) is 9.89 Å². The second-order valence-electron chi connectivity index (χ2n) is 5.38. The molecule has 0 aliphatic carbocycles. The van der Waals surface area contributed by atoms with E-state index in [4.69, 9.17) is 0 Å². The summed E-state index contributed by atoms with van der Waals surface area (Å²) in [6.45, 7) is 0. The van der Waals surface area contributed by atoms with Crippen LogP contribution in [-0.2, 0) is 0 Å². The number of anilines is 1. The fourth-order valence-corrected chi connectivity index (χ4v) is 2.49. The van der Waals surface area contributed by atoms with Crippen LogP contribution < -0.4 is 5.32 Å². The summed E-state index contributed by atoms with van der Waals surface area (Å²) < 4.78 is 15.1. The largest absolute Gasteiger partial charge is 0.508 e. The second kappa shape index (κ2) is 5.75. The van der Waals surface area contributed by atoms with Gasteiger partial charge in [0.2, 0.25) is 0 Å². The molecule has 0 radical (unpaired) electrons. The summed E-state index contributed by atoms with van der Waals surface area (Å²) in [5, 5.41) is 23.6. The number of H-pyrrole nitrogens is 1. The number of nitrogens with zero attached hydrogens (tertiary/aromatic N) is 3. The van der Waals surface area contributed by atoms with Gasteiger partial charge in [-0.2, -0.15) is 10.2 Å². The summed E-state index contributed by atoms with van der Waals surface area (Å²) in [6.07, 6.45) is 2.79. The lowest BCUT2D eigenvalue weighted by atomic mass is 10.2. The standard InChI is InChI=1S/C17H12FN5O2/c18-13-3-1-2-4-15(13)23-9-10(8-19-23)17(25)20-16-12-6-5-11(24)7-14(12)21-22-16/h1-9,24H,(H2,20,21,22,25). The number of phenolic OH excluding ortho intramolecular Hbond substituents is 1. The van der Waals surface area contributed by atoms with Gasteiger partial charge in [-0.05, 0) is 24.3 Å². The maximum absolute atomic E-state index is 13.8. The number of hydrogen-bond donors (Lipinski definition) is 3. The predicted molar refractivity (Wildman–Crippen MR) is 89.2 cm³/mol. The van der Waals surface area contributed by atoms with Gasteiger partial charge in [0.1, 0.15) is 17.3 Å². The molecular formula is C17H12FN5O2. The van der Waals surface area contributed by atoms with Gasteiger partial charge in [-0.1, -0.05) is 12.1 Å². The number of aromatic amines is 1. The number of fused-ring (bicyclic) bond motifs is 1. The summed E-state index contributed by atoms with van der Waals surface area (Å²) >= 11 is 0. The average molecular weight is 337 g/mol. The molecule has 124 valence electrons. The molecule has 0 aliphatic rings. The number of para-hydroxylation sites is 1. The molecule has 0 atom stereocenters. The van der Waals surface area contributed by atoms with Crippen molar-refractivity contribution in [2.45, 2.75) is 0 Å². The molecule has 0 aliphatic heterocycles. The molecule has 2 aromatic heterocycles. The van der Waals surface area contributed by atoms with Crippen LogP contribution in [0.4, 0.5) is 10.2 Å². The van der Waals surface area contributed by atoms with Gasteiger partial charge in [-0.15, -0.1) is 0 Å². The molecule has 3 N–H and O–H groups in total. The number of phenols is 1. The van der Waals surface area contributed by atoms with Crippen molar-refractivity contribution < 1.29 is 14.3 Å². The first-order valence-corrected chi connectivity index (χ1v) is 7.40. The van der Waals surface area contributed by atoms with Crippen LogP contribution in [0.3, 0.4) is 0 Å². The Morgan fingerprint density at radius 2 is 2.08 bits per heavy atom. The first kappa shape index (κ1) is 14.9. The van der Waals surface area contributed by atoms with E-state index in [2.05, 4.69) is 20.6 Å². The number of hydrogen-bond acceptors (Lipinski definition) is 4. The van der Waals surface area contributed by atoms with Crippen LogP contribution in [0.25, 0.3) is 16.6 Å². The predicted octanol–water partition coefficient (Wildman–Crippen LogP) is 2.85. The molecule has 0 bridgehead atoms. The van der Waals surface area contributed by atoms with Gasteiger partial charge in [0, 0.05) is 17.6 Å². The molecule has 1 amide bonds. The minimum Gasteiger partial charge on any atom is -0.508 e. The zero-order chi connectivity index (χ0) is 17.4. The van der Waals surface area contributed by atoms with Crippen LogP contribution >= 0.6 is 0 Å². The van der Waals surface area contributed by atoms with Crippen LogP contribution in [0.5, 0.6) is 5.75 Å². The molecular weight excluding hydrogens is 325 g/mol. The third-order valence-corrected chi connectivity index (χ3v) is 3.72. The Morgan fingerprint density at radius 3 is 2.92 bits per heavy atom. The second-order valence-corrected chi connectivity index (χ2v) is 5.38. The van der Waals surface area contributed by atoms with Crippen LogP contribution in [0.1, 0.15) is 10.4 Å². The Bertz CT molecular complexity index is 1090. The SMILES string of the molecule is O=C(Nc1n[nH]c2cc(O)ccc12)c1cnn(-c2ccccc2F)c1. The van der Waals surface area contributed by atoms with E-state index in [1.807, 2.05) is 0 Å². The third-order valence-electron chi connectivity index (χ3n) is 3.72. The number of carbonyl (C=O) groups excluding carboxylic acids is 1. The van der Waals surface area contributed by atoms with Gasteiger partial charge < -0.3 is 10.4 Å². The van der Waals surface area contributed by atoms with Crippen LogP contribution in [0.15, 0.2) is 54.9 Å². The average Bonchev–Trinajstić information content (AvgIpc) is 3.23. The fraction of sp³-hybridized carbons (Fsp3) is 0. The van der Waals surface area contributed by atoms with E-state index in [1.54, 1.807) is 24.3 Å². The molecule has 4 aromatic rings. The number of halogens is 1. The van der Waals surface area contributed by atoms with Gasteiger partial charge in [0.25, 0.3) is 5.91 Å². The fourth-order valence-electron chi connectivity index (χ4n) is 2.49. The highest BCUT2D eigenvalue weighted by molar-refractivity contribution is 6.07. The Morgan fingerprint density at radius 1 is 1.24 bits per heavy atom. The molecule has 7 nitrogen and oxygen atoms in total. The summed E-state index contributed by atoms with van der Waals surface area (Å²) in [7, 11) is 0. The quantitative estimate of drug-likeness (QED) is 0.536. The molecule has 0 fully saturated rings. The molecule has 4 rings (SSSR count). The smallest absolute Gasteiger partial charge is 0.260 e. The summed E-state index contributed by atoms with van der Waals surface area (Å²) in [5.41, 5.74) is 1.11. The van der Waals surface area contributed by atoms with Crippen molar-refractivity contribution in [1.29, 1.82) is 0 Å². The zero-order valence-electron chi connectivity index (χ0n) is 12.8. The highest BCUT2D eigenvalue weighted by Gasteiger charge is 2.14. The number of nitrogens with one attached hydrogen (secondary N) is 2. The minimum atomic E-state index is -0.435. The lowest BCUT2D eigenvalue weighted by Crippen LogP contribution is -2.11. The molecule has 0 saturated carbocycles. The highest BCUT2D eigenvalue weighted by atomic mass is 19.1. The Labute approximate surface area is 140 Å². The lowest BCUT2D eigenvalue weighted by molar-refractivity contribution is 0.102. The maximum atomic E-state index is 13.8. The van der Waals surface area contributed by atoms with Gasteiger partial charge in [0.15, 0.2) is 5.82 Å². The molecule has 8 heteroatoms. The number of carbonyl (C=O) groups is 1. The van der Waals surface area contributed by atoms with E-state index in [9.17, 15) is 14.3 Å². The van der Waals surface area contributed by atoms with Gasteiger partial charge in [0.05, 0.1) is 17.3 Å². The van der Waals surface area contributed by atoms with Crippen molar-refractivity contribution in [3.8, 4) is 11.4 Å². The number of benzene rings is 2. The number of rotatable bonds is 3. The number of aromatic hydroxyl groups is 1. The number of aromatic nitrogens is 4. The third kappa shape index (κ3) is 2.69. The van der Waals surface area contributed by atoms with Crippen molar-refractivity contribution in [3.05, 3.63) is 66.2 Å². The first-order chi connectivity index (χ1) is 12.1. The van der Waals surface area contributed by atoms with E-state index in [1.165, 1.54) is 35.3 Å². The molecule has 2 heterocycles. The van der Waals surface area contributed by atoms with E-state index in [0.717, 1.165) is 0 Å². The van der Waals surface area contributed by atoms with Crippen molar-refractivity contribution in [3.63, 3.8) is 0 Å². The Kier molecular flexibility index (Phi) is 3.42. The van der Waals surface area contributed by atoms with E-state index in [-0.39, 0.29) is 17.0 Å². The van der Waals surface area contributed by atoms with E-state index >= 15 is 0 Å². The van der Waals surface area contributed by atoms with Crippen LogP contribution in [0.2, 0.25) is 0 Å². The molecule has 0 spiro atoms. The zero-order valence-corrected chi connectivity index (χ0v) is 12.8. The van der Waals surface area contributed by atoms with Crippen LogP contribution in [-0.4, -0.2) is 31.0 Å². The highest BCUT2D eigenvalue weighted by Crippen LogP contribution is 2.24. The summed E-state index contributed by atoms with van der Waals surface area (Å²) in [5.74, 6) is -0.432. The van der Waals surface area contributed by atoms with E-state index < -0.39 is 11.7 Å². The molecule has 0 unspecified atom stereocenters. The Hall–Kier alpha value is -3.68. The normalized spacial score (nSPS) is 10.9. The van der Waals surface area contributed by atoms with Gasteiger partial charge >= 0.3 is 0 Å². The Balaban J connectivity index is 1.60. The lowest BCUT2D eigenvalue weighted by Gasteiger charge is -2.02. The van der Waals surface area contributed by atoms with Gasteiger partial charge in [-0.25, -0.2) is 9.07 Å².